The topological polar surface area (TPSA) is 57.7 Å². The van der Waals surface area contributed by atoms with E-state index >= 15 is 0 Å². The molecule has 1 saturated heterocycles. The van der Waals surface area contributed by atoms with Crippen molar-refractivity contribution in [3.05, 3.63) is 33.3 Å². The highest BCUT2D eigenvalue weighted by Gasteiger charge is 2.39. The van der Waals surface area contributed by atoms with Gasteiger partial charge in [-0.25, -0.2) is 5.01 Å². The van der Waals surface area contributed by atoms with Crippen LogP contribution in [0.25, 0.3) is 0 Å². The van der Waals surface area contributed by atoms with Gasteiger partial charge in [-0.05, 0) is 36.6 Å². The number of nitrogens with zero attached hydrogens (tertiary/aromatic N) is 2. The third kappa shape index (κ3) is 1.86. The van der Waals surface area contributed by atoms with Crippen molar-refractivity contribution < 1.29 is 14.4 Å². The number of hydrogen-bond acceptors (Lipinski definition) is 3. The van der Waals surface area contributed by atoms with Crippen LogP contribution in [-0.4, -0.2) is 27.7 Å². The fraction of sp³-hybridized carbons (Fsp3) is 0.357. The molecule has 0 bridgehead atoms. The zero-order valence-corrected chi connectivity index (χ0v) is 12.6. The van der Waals surface area contributed by atoms with Crippen LogP contribution in [0.3, 0.4) is 0 Å². The van der Waals surface area contributed by atoms with E-state index in [1.165, 1.54) is 5.01 Å². The van der Waals surface area contributed by atoms with Crippen molar-refractivity contribution in [1.82, 2.24) is 10.0 Å². The third-order valence-corrected chi connectivity index (χ3v) is 4.66. The molecule has 104 valence electrons. The number of halogens is 1. The summed E-state index contributed by atoms with van der Waals surface area (Å²) in [6.45, 7) is 2.19. The Morgan fingerprint density at radius 3 is 2.40 bits per heavy atom. The van der Waals surface area contributed by atoms with Crippen LogP contribution in [0.4, 0.5) is 0 Å². The van der Waals surface area contributed by atoms with E-state index < -0.39 is 0 Å². The number of amides is 3. The van der Waals surface area contributed by atoms with Crippen LogP contribution in [-0.2, 0) is 16.1 Å². The maximum Gasteiger partial charge on any atom is 0.273 e. The molecule has 1 aromatic rings. The molecule has 1 fully saturated rings. The molecular weight excluding hydrogens is 324 g/mol. The molecule has 2 heterocycles. The molecule has 1 aromatic carbocycles. The first kappa shape index (κ1) is 13.3. The predicted octanol–water partition coefficient (Wildman–Crippen LogP) is 2.17. The van der Waals surface area contributed by atoms with Crippen LogP contribution in [0, 0.1) is 6.92 Å². The summed E-state index contributed by atoms with van der Waals surface area (Å²) in [7, 11) is 0. The zero-order chi connectivity index (χ0) is 14.4. The molecule has 0 atom stereocenters. The van der Waals surface area contributed by atoms with Crippen molar-refractivity contribution in [2.24, 2.45) is 0 Å². The van der Waals surface area contributed by atoms with Crippen LogP contribution < -0.4 is 0 Å². The molecule has 0 radical (unpaired) electrons. The lowest BCUT2D eigenvalue weighted by atomic mass is 10.1. The second-order valence-corrected chi connectivity index (χ2v) is 5.87. The van der Waals surface area contributed by atoms with Gasteiger partial charge in [0.2, 0.25) is 11.8 Å². The van der Waals surface area contributed by atoms with Crippen LogP contribution >= 0.6 is 15.9 Å². The summed E-state index contributed by atoms with van der Waals surface area (Å²) in [5, 5.41) is 2.30. The molecule has 0 aliphatic carbocycles. The molecule has 0 saturated carbocycles. The van der Waals surface area contributed by atoms with Crippen molar-refractivity contribution in [3.63, 3.8) is 0 Å². The van der Waals surface area contributed by atoms with Crippen molar-refractivity contribution in [3.8, 4) is 0 Å². The van der Waals surface area contributed by atoms with E-state index in [-0.39, 0.29) is 24.3 Å². The first-order valence-electron chi connectivity index (χ1n) is 6.46. The van der Waals surface area contributed by atoms with Gasteiger partial charge in [0.15, 0.2) is 0 Å². The van der Waals surface area contributed by atoms with Gasteiger partial charge in [0.25, 0.3) is 5.91 Å². The Balaban J connectivity index is 1.99. The highest BCUT2D eigenvalue weighted by molar-refractivity contribution is 9.10. The average Bonchev–Trinajstić information content (AvgIpc) is 2.72. The number of carbonyl (C=O) groups is 3. The first-order chi connectivity index (χ1) is 9.50. The minimum absolute atomic E-state index is 0.275. The van der Waals surface area contributed by atoms with Crippen molar-refractivity contribution in [1.29, 1.82) is 0 Å². The molecule has 20 heavy (non-hydrogen) atoms. The summed E-state index contributed by atoms with van der Waals surface area (Å²) >= 11 is 3.43. The highest BCUT2D eigenvalue weighted by Crippen LogP contribution is 2.32. The quantitative estimate of drug-likeness (QED) is 0.738. The van der Waals surface area contributed by atoms with Gasteiger partial charge in [-0.2, -0.15) is 5.01 Å². The van der Waals surface area contributed by atoms with Gasteiger partial charge in [0.1, 0.15) is 0 Å². The lowest BCUT2D eigenvalue weighted by Gasteiger charge is -2.32. The Bertz CT molecular complexity index is 626. The van der Waals surface area contributed by atoms with Gasteiger partial charge >= 0.3 is 0 Å². The predicted molar refractivity (Wildman–Crippen MR) is 74.5 cm³/mol. The minimum atomic E-state index is -0.292. The second-order valence-electron chi connectivity index (χ2n) is 5.01. The van der Waals surface area contributed by atoms with Crippen molar-refractivity contribution in [2.45, 2.75) is 32.7 Å². The maximum absolute atomic E-state index is 12.4. The summed E-state index contributed by atoms with van der Waals surface area (Å²) < 4.78 is 0.919. The van der Waals surface area contributed by atoms with Crippen LogP contribution in [0.15, 0.2) is 16.6 Å². The Morgan fingerprint density at radius 2 is 1.75 bits per heavy atom. The molecule has 0 spiro atoms. The fourth-order valence-corrected chi connectivity index (χ4v) is 3.04. The summed E-state index contributed by atoms with van der Waals surface area (Å²) in [6.07, 6.45) is 1.19. The fourth-order valence-electron chi connectivity index (χ4n) is 2.67. The lowest BCUT2D eigenvalue weighted by Crippen LogP contribution is -2.52. The molecule has 0 unspecified atom stereocenters. The van der Waals surface area contributed by atoms with Crippen molar-refractivity contribution >= 4 is 33.7 Å². The summed E-state index contributed by atoms with van der Waals surface area (Å²) in [4.78, 5) is 36.3. The second kappa shape index (κ2) is 4.70. The standard InChI is InChI=1S/C14H13BrN2O3/c1-8-10-7-16(14(20)9(10)5-6-11(8)15)17-12(18)3-2-4-13(17)19/h5-6H,2-4,7H2,1H3. The summed E-state index contributed by atoms with van der Waals surface area (Å²) in [5.41, 5.74) is 2.41. The minimum Gasteiger partial charge on any atom is -0.273 e. The van der Waals surface area contributed by atoms with Gasteiger partial charge in [-0.15, -0.1) is 0 Å². The smallest absolute Gasteiger partial charge is 0.273 e. The van der Waals surface area contributed by atoms with Crippen LogP contribution in [0.5, 0.6) is 0 Å². The molecule has 5 nitrogen and oxygen atoms in total. The molecule has 0 N–H and O–H groups in total. The number of piperidine rings is 1. The Kier molecular flexibility index (Phi) is 3.12. The Hall–Kier alpha value is -1.69. The van der Waals surface area contributed by atoms with Gasteiger partial charge in [0.05, 0.1) is 6.54 Å². The SMILES string of the molecule is Cc1c(Br)ccc2c1CN(N1C(=O)CCCC1=O)C2=O. The number of imide groups is 1. The first-order valence-corrected chi connectivity index (χ1v) is 7.25. The van der Waals surface area contributed by atoms with E-state index in [4.69, 9.17) is 0 Å². The lowest BCUT2D eigenvalue weighted by molar-refractivity contribution is -0.163. The molecule has 6 heteroatoms. The number of hydrogen-bond donors (Lipinski definition) is 0. The molecule has 2 aliphatic heterocycles. The van der Waals surface area contributed by atoms with Gasteiger partial charge in [0, 0.05) is 22.9 Å². The van der Waals surface area contributed by atoms with Crippen molar-refractivity contribution in [2.75, 3.05) is 0 Å². The normalized spacial score (nSPS) is 18.8. The third-order valence-electron chi connectivity index (χ3n) is 3.80. The molecule has 3 amide bonds. The monoisotopic (exact) mass is 336 g/mol. The number of fused-ring (bicyclic) bond motifs is 1. The average molecular weight is 337 g/mol. The number of benzene rings is 1. The zero-order valence-electron chi connectivity index (χ0n) is 11.0. The largest absolute Gasteiger partial charge is 0.273 e. The van der Waals surface area contributed by atoms with Crippen LogP contribution in [0.1, 0.15) is 40.7 Å². The van der Waals surface area contributed by atoms with Crippen LogP contribution in [0.2, 0.25) is 0 Å². The van der Waals surface area contributed by atoms with E-state index in [0.717, 1.165) is 20.6 Å². The molecular formula is C14H13BrN2O3. The summed E-state index contributed by atoms with van der Waals surface area (Å²) in [6, 6.07) is 3.54. The van der Waals surface area contributed by atoms with E-state index in [1.807, 2.05) is 13.0 Å². The highest BCUT2D eigenvalue weighted by atomic mass is 79.9. The van der Waals surface area contributed by atoms with E-state index in [1.54, 1.807) is 6.07 Å². The van der Waals surface area contributed by atoms with E-state index in [9.17, 15) is 14.4 Å². The van der Waals surface area contributed by atoms with E-state index in [2.05, 4.69) is 15.9 Å². The number of carbonyl (C=O) groups excluding carboxylic acids is 3. The Labute approximate surface area is 124 Å². The molecule has 3 rings (SSSR count). The number of rotatable bonds is 1. The van der Waals surface area contributed by atoms with Gasteiger partial charge in [-0.3, -0.25) is 14.4 Å². The number of hydrazine groups is 1. The molecule has 2 aliphatic rings. The van der Waals surface area contributed by atoms with Gasteiger partial charge < -0.3 is 0 Å². The summed E-state index contributed by atoms with van der Waals surface area (Å²) in [5.74, 6) is -0.863. The maximum atomic E-state index is 12.4. The Morgan fingerprint density at radius 1 is 1.10 bits per heavy atom. The van der Waals surface area contributed by atoms with Gasteiger partial charge in [-0.1, -0.05) is 15.9 Å². The van der Waals surface area contributed by atoms with E-state index in [0.29, 0.717) is 24.8 Å². The molecule has 0 aromatic heterocycles.